The van der Waals surface area contributed by atoms with Gasteiger partial charge in [0.05, 0.1) is 6.10 Å². The molecule has 0 bridgehead atoms. The fraction of sp³-hybridized carbons (Fsp3) is 0.769. The van der Waals surface area contributed by atoms with Crippen LogP contribution in [0.25, 0.3) is 0 Å². The Morgan fingerprint density at radius 2 is 1.95 bits per heavy atom. The highest BCUT2D eigenvalue weighted by atomic mass is 16.5. The molecule has 1 fully saturated rings. The van der Waals surface area contributed by atoms with Gasteiger partial charge in [0.1, 0.15) is 0 Å². The number of nitrogen functional groups attached to an aromatic ring is 1. The maximum atomic E-state index is 5.51. The molecule has 1 aromatic heterocycles. The van der Waals surface area contributed by atoms with E-state index < -0.39 is 0 Å². The lowest BCUT2D eigenvalue weighted by molar-refractivity contribution is 0.222. The molecule has 0 saturated heterocycles. The summed E-state index contributed by atoms with van der Waals surface area (Å²) in [5.74, 6) is 6.95. The third kappa shape index (κ3) is 4.19. The Morgan fingerprint density at radius 3 is 2.60 bits per heavy atom. The third-order valence-electron chi connectivity index (χ3n) is 3.35. The van der Waals surface area contributed by atoms with E-state index >= 15 is 0 Å². The number of hydrazine groups is 1. The zero-order valence-electron chi connectivity index (χ0n) is 12.4. The molecule has 0 spiro atoms. The molecule has 1 aliphatic carbocycles. The van der Waals surface area contributed by atoms with Gasteiger partial charge < -0.3 is 10.1 Å². The predicted octanol–water partition coefficient (Wildman–Crippen LogP) is 1.93. The minimum absolute atomic E-state index is 0.00516. The zero-order valence-corrected chi connectivity index (χ0v) is 12.4. The molecule has 7 heteroatoms. The van der Waals surface area contributed by atoms with Gasteiger partial charge in [-0.05, 0) is 32.6 Å². The molecule has 4 N–H and O–H groups in total. The number of nitrogens with zero attached hydrogens (tertiary/aromatic N) is 3. The van der Waals surface area contributed by atoms with Crippen molar-refractivity contribution in [1.29, 1.82) is 0 Å². The first kappa shape index (κ1) is 14.8. The summed E-state index contributed by atoms with van der Waals surface area (Å²) in [5.41, 5.74) is 2.44. The van der Waals surface area contributed by atoms with Gasteiger partial charge in [0.2, 0.25) is 11.9 Å². The molecule has 2 rings (SSSR count). The van der Waals surface area contributed by atoms with Crippen molar-refractivity contribution in [2.75, 3.05) is 10.7 Å². The first-order valence-corrected chi connectivity index (χ1v) is 7.22. The molecule has 0 amide bonds. The van der Waals surface area contributed by atoms with E-state index in [1.165, 1.54) is 12.8 Å². The van der Waals surface area contributed by atoms with Crippen LogP contribution >= 0.6 is 0 Å². The quantitative estimate of drug-likeness (QED) is 0.560. The maximum absolute atomic E-state index is 5.51. The van der Waals surface area contributed by atoms with Crippen LogP contribution in [0.4, 0.5) is 11.9 Å². The highest BCUT2D eigenvalue weighted by Gasteiger charge is 2.20. The van der Waals surface area contributed by atoms with E-state index in [2.05, 4.69) is 32.6 Å². The summed E-state index contributed by atoms with van der Waals surface area (Å²) in [6.45, 7) is 6.13. The molecule has 1 aromatic rings. The van der Waals surface area contributed by atoms with Crippen LogP contribution in [0.15, 0.2) is 0 Å². The lowest BCUT2D eigenvalue weighted by Crippen LogP contribution is -2.27. The number of hydrogen-bond acceptors (Lipinski definition) is 7. The molecule has 1 saturated carbocycles. The van der Waals surface area contributed by atoms with Gasteiger partial charge in [0.15, 0.2) is 0 Å². The van der Waals surface area contributed by atoms with Gasteiger partial charge in [-0.1, -0.05) is 19.8 Å². The maximum Gasteiger partial charge on any atom is 0.323 e. The summed E-state index contributed by atoms with van der Waals surface area (Å²) < 4.78 is 5.51. The first-order valence-electron chi connectivity index (χ1n) is 7.22. The zero-order chi connectivity index (χ0) is 14.5. The topological polar surface area (TPSA) is 98.0 Å². The molecule has 1 aliphatic rings. The Labute approximate surface area is 119 Å². The number of hydrogen-bond donors (Lipinski definition) is 3. The highest BCUT2D eigenvalue weighted by Crippen LogP contribution is 2.25. The molecule has 7 nitrogen and oxygen atoms in total. The Morgan fingerprint density at radius 1 is 1.20 bits per heavy atom. The molecule has 2 atom stereocenters. The molecular formula is C13H24N6O. The van der Waals surface area contributed by atoms with Gasteiger partial charge in [-0.25, -0.2) is 5.84 Å². The first-order chi connectivity index (χ1) is 9.56. The minimum Gasteiger partial charge on any atom is -0.461 e. The van der Waals surface area contributed by atoms with Crippen LogP contribution in [0, 0.1) is 5.92 Å². The fourth-order valence-electron chi connectivity index (χ4n) is 2.50. The average Bonchev–Trinajstić information content (AvgIpc) is 2.37. The summed E-state index contributed by atoms with van der Waals surface area (Å²) in [4.78, 5) is 12.6. The van der Waals surface area contributed by atoms with E-state index in [1.54, 1.807) is 0 Å². The summed E-state index contributed by atoms with van der Waals surface area (Å²) in [5, 5.41) is 3.36. The van der Waals surface area contributed by atoms with Crippen LogP contribution < -0.4 is 21.3 Å². The van der Waals surface area contributed by atoms with Crippen LogP contribution in [-0.2, 0) is 0 Å². The van der Waals surface area contributed by atoms with Crippen molar-refractivity contribution < 1.29 is 4.74 Å². The van der Waals surface area contributed by atoms with Crippen LogP contribution in [0.3, 0.4) is 0 Å². The molecule has 1 heterocycles. The highest BCUT2D eigenvalue weighted by molar-refractivity contribution is 5.35. The molecule has 20 heavy (non-hydrogen) atoms. The van der Waals surface area contributed by atoms with E-state index in [4.69, 9.17) is 10.6 Å². The molecule has 112 valence electrons. The summed E-state index contributed by atoms with van der Waals surface area (Å²) in [6, 6.07) is 0.688. The number of ether oxygens (including phenoxy) is 1. The fourth-order valence-corrected chi connectivity index (χ4v) is 2.50. The molecule has 0 radical (unpaired) electrons. The number of nitrogens with two attached hydrogens (primary N) is 1. The lowest BCUT2D eigenvalue weighted by atomic mass is 9.87. The van der Waals surface area contributed by atoms with Crippen LogP contribution in [0.2, 0.25) is 0 Å². The van der Waals surface area contributed by atoms with Crippen LogP contribution in [-0.4, -0.2) is 27.1 Å². The normalized spacial score (nSPS) is 22.6. The molecule has 2 unspecified atom stereocenters. The van der Waals surface area contributed by atoms with Gasteiger partial charge in [-0.15, -0.1) is 0 Å². The van der Waals surface area contributed by atoms with Crippen molar-refractivity contribution in [3.63, 3.8) is 0 Å². The van der Waals surface area contributed by atoms with Crippen molar-refractivity contribution in [1.82, 2.24) is 15.0 Å². The van der Waals surface area contributed by atoms with Gasteiger partial charge in [-0.3, -0.25) is 5.43 Å². The van der Waals surface area contributed by atoms with Gasteiger partial charge in [-0.2, -0.15) is 15.0 Å². The van der Waals surface area contributed by atoms with E-state index in [-0.39, 0.29) is 12.1 Å². The molecule has 0 aliphatic heterocycles. The van der Waals surface area contributed by atoms with Crippen molar-refractivity contribution in [2.45, 2.75) is 58.6 Å². The third-order valence-corrected chi connectivity index (χ3v) is 3.35. The van der Waals surface area contributed by atoms with Gasteiger partial charge in [0, 0.05) is 6.04 Å². The summed E-state index contributed by atoms with van der Waals surface area (Å²) in [7, 11) is 0. The number of anilines is 2. The Balaban J connectivity index is 2.09. The Kier molecular flexibility index (Phi) is 4.94. The van der Waals surface area contributed by atoms with Crippen molar-refractivity contribution >= 4 is 11.9 Å². The Bertz CT molecular complexity index is 439. The van der Waals surface area contributed by atoms with Crippen molar-refractivity contribution in [3.05, 3.63) is 0 Å². The van der Waals surface area contributed by atoms with E-state index in [9.17, 15) is 0 Å². The largest absolute Gasteiger partial charge is 0.461 e. The van der Waals surface area contributed by atoms with Gasteiger partial charge >= 0.3 is 6.01 Å². The SMILES string of the molecule is CC1CCCC(Nc2nc(NN)nc(OC(C)C)n2)C1. The van der Waals surface area contributed by atoms with Crippen molar-refractivity contribution in [2.24, 2.45) is 11.8 Å². The Hall–Kier alpha value is -1.63. The monoisotopic (exact) mass is 280 g/mol. The van der Waals surface area contributed by atoms with Gasteiger partial charge in [0.25, 0.3) is 0 Å². The van der Waals surface area contributed by atoms with Crippen LogP contribution in [0.5, 0.6) is 6.01 Å². The number of rotatable bonds is 5. The molecular weight excluding hydrogens is 256 g/mol. The lowest BCUT2D eigenvalue weighted by Gasteiger charge is -2.27. The average molecular weight is 280 g/mol. The molecule has 0 aromatic carbocycles. The summed E-state index contributed by atoms with van der Waals surface area (Å²) in [6.07, 6.45) is 4.82. The predicted molar refractivity (Wildman–Crippen MR) is 78.4 cm³/mol. The second kappa shape index (κ2) is 6.69. The van der Waals surface area contributed by atoms with Crippen molar-refractivity contribution in [3.8, 4) is 6.01 Å². The smallest absolute Gasteiger partial charge is 0.323 e. The number of aromatic nitrogens is 3. The van der Waals surface area contributed by atoms with E-state index in [0.717, 1.165) is 18.8 Å². The summed E-state index contributed by atoms with van der Waals surface area (Å²) >= 11 is 0. The van der Waals surface area contributed by atoms with Crippen LogP contribution in [0.1, 0.15) is 46.5 Å². The van der Waals surface area contributed by atoms with E-state index in [0.29, 0.717) is 17.9 Å². The standard InChI is InChI=1S/C13H24N6O/c1-8(2)20-13-17-11(16-12(18-13)19-14)15-10-6-4-5-9(3)7-10/h8-10H,4-7,14H2,1-3H3,(H2,15,16,17,18,19). The second-order valence-electron chi connectivity index (χ2n) is 5.69. The second-order valence-corrected chi connectivity index (χ2v) is 5.69. The minimum atomic E-state index is 0.00516. The number of nitrogens with one attached hydrogen (secondary N) is 2. The van der Waals surface area contributed by atoms with E-state index in [1.807, 2.05) is 13.8 Å².